The van der Waals surface area contributed by atoms with E-state index in [1.807, 2.05) is 0 Å². The van der Waals surface area contributed by atoms with Crippen LogP contribution in [-0.4, -0.2) is 15.9 Å². The Hall–Kier alpha value is -2.23. The molecule has 0 aliphatic rings. The predicted molar refractivity (Wildman–Crippen MR) is 56.4 cm³/mol. The lowest BCUT2D eigenvalue weighted by Crippen LogP contribution is -2.13. The van der Waals surface area contributed by atoms with Crippen molar-refractivity contribution in [3.8, 4) is 0 Å². The maximum Gasteiger partial charge on any atom is 0.274 e. The largest absolute Gasteiger partial charge is 0.319 e. The summed E-state index contributed by atoms with van der Waals surface area (Å²) in [7, 11) is 0. The van der Waals surface area contributed by atoms with Crippen molar-refractivity contribution < 1.29 is 4.79 Å². The van der Waals surface area contributed by atoms with E-state index in [2.05, 4.69) is 15.3 Å². The number of hydrogen-bond acceptors (Lipinski definition) is 3. The fourth-order valence-electron chi connectivity index (χ4n) is 1.13. The molecule has 2 rings (SSSR count). The van der Waals surface area contributed by atoms with Crippen molar-refractivity contribution in [2.45, 2.75) is 0 Å². The third-order valence-electron chi connectivity index (χ3n) is 1.82. The van der Waals surface area contributed by atoms with Gasteiger partial charge in [0.1, 0.15) is 5.69 Å². The molecule has 2 aromatic heterocycles. The summed E-state index contributed by atoms with van der Waals surface area (Å²) in [6.07, 6.45) is 4.81. The van der Waals surface area contributed by atoms with Gasteiger partial charge in [-0.15, -0.1) is 0 Å². The Morgan fingerprint density at radius 3 is 2.73 bits per heavy atom. The third kappa shape index (κ3) is 2.37. The number of nitrogens with one attached hydrogen (secondary N) is 1. The molecule has 74 valence electrons. The molecular weight excluding hydrogens is 190 g/mol. The molecule has 1 amide bonds. The average Bonchev–Trinajstić information content (AvgIpc) is 2.31. The number of carbonyl (C=O) groups excluding carboxylic acids is 1. The Morgan fingerprint density at radius 1 is 1.13 bits per heavy atom. The zero-order valence-electron chi connectivity index (χ0n) is 7.92. The average molecular weight is 199 g/mol. The molecule has 0 radical (unpaired) electrons. The fraction of sp³-hybridized carbons (Fsp3) is 0. The van der Waals surface area contributed by atoms with Crippen LogP contribution in [0, 0.1) is 0 Å². The van der Waals surface area contributed by atoms with E-state index in [1.54, 1.807) is 48.9 Å². The third-order valence-corrected chi connectivity index (χ3v) is 1.82. The van der Waals surface area contributed by atoms with Gasteiger partial charge in [-0.3, -0.25) is 14.8 Å². The van der Waals surface area contributed by atoms with Gasteiger partial charge in [0.05, 0.1) is 11.9 Å². The number of aromatic nitrogens is 2. The van der Waals surface area contributed by atoms with E-state index in [0.29, 0.717) is 11.4 Å². The van der Waals surface area contributed by atoms with Gasteiger partial charge in [-0.25, -0.2) is 0 Å². The summed E-state index contributed by atoms with van der Waals surface area (Å²) in [5, 5.41) is 2.69. The highest BCUT2D eigenvalue weighted by atomic mass is 16.1. The molecule has 0 fully saturated rings. The molecule has 0 aromatic carbocycles. The van der Waals surface area contributed by atoms with Gasteiger partial charge in [0, 0.05) is 12.4 Å². The summed E-state index contributed by atoms with van der Waals surface area (Å²) in [6, 6.07) is 8.72. The summed E-state index contributed by atoms with van der Waals surface area (Å²) >= 11 is 0. The number of amides is 1. The second-order valence-corrected chi connectivity index (χ2v) is 2.91. The van der Waals surface area contributed by atoms with Crippen LogP contribution < -0.4 is 5.32 Å². The van der Waals surface area contributed by atoms with Gasteiger partial charge in [0.2, 0.25) is 0 Å². The van der Waals surface area contributed by atoms with Gasteiger partial charge in [-0.2, -0.15) is 0 Å². The van der Waals surface area contributed by atoms with Crippen molar-refractivity contribution in [1.29, 1.82) is 0 Å². The van der Waals surface area contributed by atoms with Crippen molar-refractivity contribution in [3.63, 3.8) is 0 Å². The van der Waals surface area contributed by atoms with Crippen LogP contribution in [0.5, 0.6) is 0 Å². The molecule has 0 aliphatic carbocycles. The summed E-state index contributed by atoms with van der Waals surface area (Å²) in [5.41, 5.74) is 1.05. The maximum atomic E-state index is 11.6. The molecule has 4 nitrogen and oxygen atoms in total. The minimum atomic E-state index is -0.233. The van der Waals surface area contributed by atoms with Crippen LogP contribution in [0.25, 0.3) is 0 Å². The lowest BCUT2D eigenvalue weighted by Gasteiger charge is -2.02. The standard InChI is InChI=1S/C11H9N3O/c15-11(10-5-1-2-7-13-10)14-9-4-3-6-12-8-9/h1-8H,(H,14,15). The maximum absolute atomic E-state index is 11.6. The molecular formula is C11H9N3O. The minimum Gasteiger partial charge on any atom is -0.319 e. The van der Waals surface area contributed by atoms with E-state index in [0.717, 1.165) is 0 Å². The van der Waals surface area contributed by atoms with E-state index in [1.165, 1.54) is 0 Å². The lowest BCUT2D eigenvalue weighted by atomic mass is 10.3. The molecule has 0 aliphatic heterocycles. The van der Waals surface area contributed by atoms with Crippen LogP contribution in [0.3, 0.4) is 0 Å². The van der Waals surface area contributed by atoms with Crippen LogP contribution in [0.15, 0.2) is 48.9 Å². The summed E-state index contributed by atoms with van der Waals surface area (Å²) in [5.74, 6) is -0.233. The van der Waals surface area contributed by atoms with E-state index >= 15 is 0 Å². The molecule has 0 spiro atoms. The Morgan fingerprint density at radius 2 is 2.07 bits per heavy atom. The van der Waals surface area contributed by atoms with Gasteiger partial charge in [-0.05, 0) is 24.3 Å². The van der Waals surface area contributed by atoms with E-state index in [-0.39, 0.29) is 5.91 Å². The highest BCUT2D eigenvalue weighted by Crippen LogP contribution is 2.04. The lowest BCUT2D eigenvalue weighted by molar-refractivity contribution is 0.102. The Bertz CT molecular complexity index is 442. The Balaban J connectivity index is 2.12. The molecule has 4 heteroatoms. The highest BCUT2D eigenvalue weighted by Gasteiger charge is 2.05. The normalized spacial score (nSPS) is 9.60. The molecule has 0 saturated heterocycles. The van der Waals surface area contributed by atoms with Crippen molar-refractivity contribution in [1.82, 2.24) is 9.97 Å². The van der Waals surface area contributed by atoms with Crippen molar-refractivity contribution in [2.24, 2.45) is 0 Å². The van der Waals surface area contributed by atoms with Gasteiger partial charge < -0.3 is 5.32 Å². The van der Waals surface area contributed by atoms with Crippen LogP contribution in [0.4, 0.5) is 5.69 Å². The first-order chi connectivity index (χ1) is 7.36. The first-order valence-corrected chi connectivity index (χ1v) is 4.49. The molecule has 2 heterocycles. The number of anilines is 1. The van der Waals surface area contributed by atoms with Crippen LogP contribution in [0.1, 0.15) is 10.5 Å². The van der Waals surface area contributed by atoms with Gasteiger partial charge >= 0.3 is 0 Å². The molecule has 15 heavy (non-hydrogen) atoms. The highest BCUT2D eigenvalue weighted by molar-refractivity contribution is 6.02. The summed E-state index contributed by atoms with van der Waals surface area (Å²) in [4.78, 5) is 19.5. The fourth-order valence-corrected chi connectivity index (χ4v) is 1.13. The molecule has 2 aromatic rings. The zero-order chi connectivity index (χ0) is 10.5. The first kappa shape index (κ1) is 9.33. The number of pyridine rings is 2. The van der Waals surface area contributed by atoms with Crippen molar-refractivity contribution in [3.05, 3.63) is 54.6 Å². The SMILES string of the molecule is O=C(Nc1cccnc1)c1ccccn1. The van der Waals surface area contributed by atoms with E-state index in [4.69, 9.17) is 0 Å². The molecule has 0 unspecified atom stereocenters. The first-order valence-electron chi connectivity index (χ1n) is 4.49. The van der Waals surface area contributed by atoms with Crippen LogP contribution >= 0.6 is 0 Å². The number of carbonyl (C=O) groups is 1. The van der Waals surface area contributed by atoms with Crippen molar-refractivity contribution >= 4 is 11.6 Å². The number of rotatable bonds is 2. The second-order valence-electron chi connectivity index (χ2n) is 2.91. The second kappa shape index (κ2) is 4.32. The quantitative estimate of drug-likeness (QED) is 0.801. The van der Waals surface area contributed by atoms with E-state index < -0.39 is 0 Å². The molecule has 1 N–H and O–H groups in total. The monoisotopic (exact) mass is 199 g/mol. The Kier molecular flexibility index (Phi) is 2.69. The van der Waals surface area contributed by atoms with Crippen LogP contribution in [0.2, 0.25) is 0 Å². The number of hydrogen-bond donors (Lipinski definition) is 1. The summed E-state index contributed by atoms with van der Waals surface area (Å²) < 4.78 is 0. The minimum absolute atomic E-state index is 0.233. The number of nitrogens with zero attached hydrogens (tertiary/aromatic N) is 2. The molecule has 0 bridgehead atoms. The van der Waals surface area contributed by atoms with Crippen molar-refractivity contribution in [2.75, 3.05) is 5.32 Å². The topological polar surface area (TPSA) is 54.9 Å². The summed E-state index contributed by atoms with van der Waals surface area (Å²) in [6.45, 7) is 0. The smallest absolute Gasteiger partial charge is 0.274 e. The molecule has 0 saturated carbocycles. The van der Waals surface area contributed by atoms with Crippen LogP contribution in [-0.2, 0) is 0 Å². The van der Waals surface area contributed by atoms with Gasteiger partial charge in [0.25, 0.3) is 5.91 Å². The van der Waals surface area contributed by atoms with E-state index in [9.17, 15) is 4.79 Å². The van der Waals surface area contributed by atoms with Gasteiger partial charge in [-0.1, -0.05) is 6.07 Å². The van der Waals surface area contributed by atoms with Gasteiger partial charge in [0.15, 0.2) is 0 Å². The zero-order valence-corrected chi connectivity index (χ0v) is 7.92. The predicted octanol–water partition coefficient (Wildman–Crippen LogP) is 1.73. The Labute approximate surface area is 87.0 Å². The molecule has 0 atom stereocenters.